The summed E-state index contributed by atoms with van der Waals surface area (Å²) in [6.07, 6.45) is -1.38. The van der Waals surface area contributed by atoms with Crippen LogP contribution in [-0.4, -0.2) is 14.5 Å². The van der Waals surface area contributed by atoms with Crippen LogP contribution in [0.15, 0.2) is 47.5 Å². The van der Waals surface area contributed by atoms with Gasteiger partial charge in [0.2, 0.25) is 0 Å². The Kier molecular flexibility index (Phi) is 4.20. The van der Waals surface area contributed by atoms with E-state index in [2.05, 4.69) is 15.3 Å². The average molecular weight is 348 g/mol. The number of halogens is 3. The molecule has 0 saturated carbocycles. The number of alkyl halides is 3. The molecule has 1 N–H and O–H groups in total. The minimum Gasteiger partial charge on any atom is -0.336 e. The fourth-order valence-corrected chi connectivity index (χ4v) is 2.55. The predicted molar refractivity (Wildman–Crippen MR) is 88.9 cm³/mol. The van der Waals surface area contributed by atoms with Gasteiger partial charge in [0, 0.05) is 17.9 Å². The number of nitrogens with one attached hydrogen (secondary N) is 1. The van der Waals surface area contributed by atoms with Crippen molar-refractivity contribution < 1.29 is 13.2 Å². The van der Waals surface area contributed by atoms with Crippen molar-refractivity contribution in [3.05, 3.63) is 58.6 Å². The molecule has 0 aliphatic rings. The first-order chi connectivity index (χ1) is 11.8. The van der Waals surface area contributed by atoms with Gasteiger partial charge in [-0.05, 0) is 38.1 Å². The summed E-state index contributed by atoms with van der Waals surface area (Å²) in [5.41, 5.74) is 0.0117. The van der Waals surface area contributed by atoms with Gasteiger partial charge in [-0.2, -0.15) is 13.2 Å². The molecule has 0 fully saturated rings. The molecule has 0 saturated heterocycles. The highest BCUT2D eigenvalue weighted by Crippen LogP contribution is 2.31. The first-order valence-electron chi connectivity index (χ1n) is 7.58. The van der Waals surface area contributed by atoms with Gasteiger partial charge in [-0.3, -0.25) is 14.3 Å². The van der Waals surface area contributed by atoms with E-state index in [1.54, 1.807) is 12.3 Å². The lowest BCUT2D eigenvalue weighted by Gasteiger charge is -2.16. The normalized spacial score (nSPS) is 11.9. The van der Waals surface area contributed by atoms with E-state index < -0.39 is 17.3 Å². The van der Waals surface area contributed by atoms with Crippen LogP contribution in [0, 0.1) is 0 Å². The van der Waals surface area contributed by atoms with Crippen LogP contribution in [0.4, 0.5) is 24.7 Å². The van der Waals surface area contributed by atoms with E-state index >= 15 is 0 Å². The van der Waals surface area contributed by atoms with Crippen molar-refractivity contribution in [2.75, 3.05) is 5.32 Å². The topological polar surface area (TPSA) is 59.8 Å². The standard InChI is InChI=1S/C17H15F3N4O/c1-10(2)24-14-9-21-7-6-13(14)23-15(16(24)25)22-12-5-3-4-11(8-12)17(18,19)20/h3-10H,1-2H3,(H,22,23). The van der Waals surface area contributed by atoms with Gasteiger partial charge in [-0.15, -0.1) is 0 Å². The summed E-state index contributed by atoms with van der Waals surface area (Å²) in [5, 5.41) is 2.71. The van der Waals surface area contributed by atoms with E-state index in [0.717, 1.165) is 12.1 Å². The lowest BCUT2D eigenvalue weighted by molar-refractivity contribution is -0.137. The number of hydrogen-bond acceptors (Lipinski definition) is 4. The monoisotopic (exact) mass is 348 g/mol. The number of fused-ring (bicyclic) bond motifs is 1. The largest absolute Gasteiger partial charge is 0.416 e. The second-order valence-corrected chi connectivity index (χ2v) is 5.80. The molecule has 0 unspecified atom stereocenters. The van der Waals surface area contributed by atoms with Crippen LogP contribution in [0.25, 0.3) is 11.0 Å². The van der Waals surface area contributed by atoms with Gasteiger partial charge in [-0.25, -0.2) is 4.98 Å². The van der Waals surface area contributed by atoms with Crippen LogP contribution in [0.3, 0.4) is 0 Å². The van der Waals surface area contributed by atoms with Gasteiger partial charge >= 0.3 is 6.18 Å². The number of pyridine rings is 1. The van der Waals surface area contributed by atoms with Crippen molar-refractivity contribution in [3.8, 4) is 0 Å². The minimum atomic E-state index is -4.46. The van der Waals surface area contributed by atoms with Crippen LogP contribution in [0.2, 0.25) is 0 Å². The van der Waals surface area contributed by atoms with Gasteiger partial charge < -0.3 is 5.32 Å². The smallest absolute Gasteiger partial charge is 0.336 e. The van der Waals surface area contributed by atoms with Crippen molar-refractivity contribution in [1.29, 1.82) is 0 Å². The van der Waals surface area contributed by atoms with Crippen molar-refractivity contribution in [1.82, 2.24) is 14.5 Å². The number of benzene rings is 1. The van der Waals surface area contributed by atoms with Crippen LogP contribution >= 0.6 is 0 Å². The second-order valence-electron chi connectivity index (χ2n) is 5.80. The molecular formula is C17H15F3N4O. The lowest BCUT2D eigenvalue weighted by atomic mass is 10.2. The molecule has 0 aliphatic carbocycles. The molecule has 3 rings (SSSR count). The highest BCUT2D eigenvalue weighted by molar-refractivity contribution is 5.76. The summed E-state index contributed by atoms with van der Waals surface area (Å²) in [7, 11) is 0. The van der Waals surface area contributed by atoms with Crippen LogP contribution in [-0.2, 0) is 6.18 Å². The van der Waals surface area contributed by atoms with Crippen LogP contribution in [0.5, 0.6) is 0 Å². The summed E-state index contributed by atoms with van der Waals surface area (Å²) >= 11 is 0. The van der Waals surface area contributed by atoms with E-state index in [9.17, 15) is 18.0 Å². The Hall–Kier alpha value is -2.90. The number of hydrogen-bond donors (Lipinski definition) is 1. The summed E-state index contributed by atoms with van der Waals surface area (Å²) in [4.78, 5) is 20.9. The third kappa shape index (κ3) is 3.33. The maximum Gasteiger partial charge on any atom is 0.416 e. The zero-order valence-electron chi connectivity index (χ0n) is 13.5. The average Bonchev–Trinajstić information content (AvgIpc) is 2.54. The van der Waals surface area contributed by atoms with Crippen molar-refractivity contribution >= 4 is 22.5 Å². The minimum absolute atomic E-state index is 0.0354. The fraction of sp³-hybridized carbons (Fsp3) is 0.235. The number of rotatable bonds is 3. The maximum absolute atomic E-state index is 12.8. The van der Waals surface area contributed by atoms with E-state index in [1.165, 1.54) is 22.9 Å². The molecule has 0 aliphatic heterocycles. The van der Waals surface area contributed by atoms with Gasteiger partial charge in [0.1, 0.15) is 0 Å². The summed E-state index contributed by atoms with van der Waals surface area (Å²) in [6, 6.07) is 6.12. The van der Waals surface area contributed by atoms with E-state index in [1.807, 2.05) is 13.8 Å². The molecule has 1 aromatic carbocycles. The molecule has 0 radical (unpaired) electrons. The molecule has 25 heavy (non-hydrogen) atoms. The molecule has 8 heteroatoms. The maximum atomic E-state index is 12.8. The highest BCUT2D eigenvalue weighted by Gasteiger charge is 2.30. The Morgan fingerprint density at radius 3 is 2.64 bits per heavy atom. The Labute approximate surface area is 141 Å². The van der Waals surface area contributed by atoms with E-state index in [4.69, 9.17) is 0 Å². The molecule has 0 atom stereocenters. The first-order valence-corrected chi connectivity index (χ1v) is 7.58. The molecule has 2 aromatic heterocycles. The third-order valence-electron chi connectivity index (χ3n) is 3.66. The number of aromatic nitrogens is 3. The van der Waals surface area contributed by atoms with Crippen molar-refractivity contribution in [2.45, 2.75) is 26.1 Å². The first kappa shape index (κ1) is 16.9. The molecular weight excluding hydrogens is 333 g/mol. The van der Waals surface area contributed by atoms with Gasteiger partial charge in [-0.1, -0.05) is 6.07 Å². The zero-order valence-corrected chi connectivity index (χ0v) is 13.5. The third-order valence-corrected chi connectivity index (χ3v) is 3.66. The highest BCUT2D eigenvalue weighted by atomic mass is 19.4. The lowest BCUT2D eigenvalue weighted by Crippen LogP contribution is -2.26. The molecule has 5 nitrogen and oxygen atoms in total. The van der Waals surface area contributed by atoms with Gasteiger partial charge in [0.15, 0.2) is 5.82 Å². The number of anilines is 2. The van der Waals surface area contributed by atoms with Crippen LogP contribution in [0.1, 0.15) is 25.5 Å². The van der Waals surface area contributed by atoms with Gasteiger partial charge in [0.05, 0.1) is 22.8 Å². The Morgan fingerprint density at radius 2 is 1.96 bits per heavy atom. The molecule has 0 spiro atoms. The fourth-order valence-electron chi connectivity index (χ4n) is 2.55. The molecule has 3 aromatic rings. The Balaban J connectivity index is 2.11. The number of nitrogens with zero attached hydrogens (tertiary/aromatic N) is 3. The molecule has 0 bridgehead atoms. The van der Waals surface area contributed by atoms with E-state index in [-0.39, 0.29) is 17.5 Å². The second kappa shape index (κ2) is 6.19. The van der Waals surface area contributed by atoms with Crippen LogP contribution < -0.4 is 10.9 Å². The Bertz CT molecular complexity index is 980. The molecule has 2 heterocycles. The van der Waals surface area contributed by atoms with Crippen molar-refractivity contribution in [2.24, 2.45) is 0 Å². The Morgan fingerprint density at radius 1 is 1.20 bits per heavy atom. The van der Waals surface area contributed by atoms with Crippen molar-refractivity contribution in [3.63, 3.8) is 0 Å². The quantitative estimate of drug-likeness (QED) is 0.773. The summed E-state index contributed by atoms with van der Waals surface area (Å²) < 4.78 is 40.0. The SMILES string of the molecule is CC(C)n1c(=O)c(Nc2cccc(C(F)(F)F)c2)nc2ccncc21. The van der Waals surface area contributed by atoms with E-state index in [0.29, 0.717) is 11.0 Å². The van der Waals surface area contributed by atoms with Gasteiger partial charge in [0.25, 0.3) is 5.56 Å². The summed E-state index contributed by atoms with van der Waals surface area (Å²) in [6.45, 7) is 3.67. The zero-order chi connectivity index (χ0) is 18.2. The molecule has 0 amide bonds. The summed E-state index contributed by atoms with van der Waals surface area (Å²) in [5.74, 6) is -0.0354. The molecule has 130 valence electrons. The predicted octanol–water partition coefficient (Wildman–Crippen LogP) is 4.13.